The van der Waals surface area contributed by atoms with Crippen LogP contribution in [0.3, 0.4) is 0 Å². The van der Waals surface area contributed by atoms with Gasteiger partial charge < -0.3 is 0 Å². The minimum absolute atomic E-state index is 0.945. The third-order valence-electron chi connectivity index (χ3n) is 4.82. The Balaban J connectivity index is 1.94. The summed E-state index contributed by atoms with van der Waals surface area (Å²) in [6.45, 7) is 6.69. The molecule has 0 bridgehead atoms. The highest BCUT2D eigenvalue weighted by atomic mass is 14.7. The summed E-state index contributed by atoms with van der Waals surface area (Å²) in [7, 11) is 0. The average molecular weight is 259 g/mol. The summed E-state index contributed by atoms with van der Waals surface area (Å²) in [5.74, 6) is 1.96. The van der Waals surface area contributed by atoms with Crippen molar-refractivity contribution in [2.24, 2.45) is 11.8 Å². The normalized spacial score (nSPS) is 17.8. The summed E-state index contributed by atoms with van der Waals surface area (Å²) < 4.78 is 0. The molecule has 0 spiro atoms. The number of aromatic nitrogens is 1. The first-order valence-electron chi connectivity index (χ1n) is 8.19. The van der Waals surface area contributed by atoms with E-state index in [0.717, 1.165) is 18.3 Å². The second-order valence-corrected chi connectivity index (χ2v) is 6.21. The van der Waals surface area contributed by atoms with Gasteiger partial charge >= 0.3 is 0 Å². The van der Waals surface area contributed by atoms with Gasteiger partial charge in [0.2, 0.25) is 0 Å². The summed E-state index contributed by atoms with van der Waals surface area (Å²) >= 11 is 0. The van der Waals surface area contributed by atoms with Crippen LogP contribution in [0.15, 0.2) is 12.1 Å². The van der Waals surface area contributed by atoms with Crippen molar-refractivity contribution in [1.29, 1.82) is 0 Å². The first kappa shape index (κ1) is 14.6. The molecule has 1 aromatic heterocycles. The van der Waals surface area contributed by atoms with Crippen LogP contribution in [0.5, 0.6) is 0 Å². The lowest BCUT2D eigenvalue weighted by Crippen LogP contribution is -2.12. The van der Waals surface area contributed by atoms with E-state index in [1.54, 1.807) is 0 Å². The largest absolute Gasteiger partial charge is 0.258 e. The lowest BCUT2D eigenvalue weighted by atomic mass is 9.84. The fraction of sp³-hybridized carbons (Fsp3) is 0.722. The Bertz CT molecular complexity index is 391. The van der Waals surface area contributed by atoms with Crippen LogP contribution in [0.1, 0.15) is 69.3 Å². The van der Waals surface area contributed by atoms with Crippen molar-refractivity contribution < 1.29 is 0 Å². The molecule has 2 rings (SSSR count). The van der Waals surface area contributed by atoms with E-state index in [0.29, 0.717) is 0 Å². The van der Waals surface area contributed by atoms with Crippen LogP contribution in [0, 0.1) is 18.8 Å². The Labute approximate surface area is 118 Å². The molecule has 1 nitrogen and oxygen atoms in total. The molecule has 1 aromatic rings. The molecule has 1 aliphatic carbocycles. The zero-order valence-corrected chi connectivity index (χ0v) is 12.9. The lowest BCUT2D eigenvalue weighted by Gasteiger charge is -2.22. The highest BCUT2D eigenvalue weighted by molar-refractivity contribution is 5.21. The lowest BCUT2D eigenvalue weighted by molar-refractivity contribution is 0.309. The number of aryl methyl sites for hydroxylation is 3. The van der Waals surface area contributed by atoms with Gasteiger partial charge in [-0.3, -0.25) is 4.98 Å². The molecule has 0 aliphatic heterocycles. The van der Waals surface area contributed by atoms with Crippen molar-refractivity contribution in [1.82, 2.24) is 4.98 Å². The third-order valence-corrected chi connectivity index (χ3v) is 4.82. The predicted molar refractivity (Wildman–Crippen MR) is 82.4 cm³/mol. The van der Waals surface area contributed by atoms with Crippen molar-refractivity contribution in [2.45, 2.75) is 72.1 Å². The summed E-state index contributed by atoms with van der Waals surface area (Å²) in [6.07, 6.45) is 10.9. The van der Waals surface area contributed by atoms with E-state index in [4.69, 9.17) is 0 Å². The minimum Gasteiger partial charge on any atom is -0.258 e. The zero-order valence-electron chi connectivity index (χ0n) is 12.9. The maximum Gasteiger partial charge on any atom is 0.0406 e. The molecule has 19 heavy (non-hydrogen) atoms. The molecule has 0 aromatic carbocycles. The van der Waals surface area contributed by atoms with Crippen LogP contribution in [0.2, 0.25) is 0 Å². The van der Waals surface area contributed by atoms with Gasteiger partial charge in [0, 0.05) is 11.4 Å². The van der Waals surface area contributed by atoms with Gasteiger partial charge in [0.05, 0.1) is 0 Å². The molecular formula is C18H29N. The fourth-order valence-electron chi connectivity index (χ4n) is 3.69. The van der Waals surface area contributed by atoms with Crippen molar-refractivity contribution in [3.8, 4) is 0 Å². The van der Waals surface area contributed by atoms with E-state index in [1.165, 1.54) is 61.9 Å². The SMILES string of the molecule is CCc1cc(CCC(CC)C2CCCC2)cc(C)n1. The van der Waals surface area contributed by atoms with E-state index in [2.05, 4.69) is 37.9 Å². The molecule has 1 atom stereocenters. The third kappa shape index (κ3) is 4.06. The smallest absolute Gasteiger partial charge is 0.0406 e. The molecule has 0 N–H and O–H groups in total. The summed E-state index contributed by atoms with van der Waals surface area (Å²) in [4.78, 5) is 4.58. The first-order valence-corrected chi connectivity index (χ1v) is 8.19. The molecular weight excluding hydrogens is 230 g/mol. The first-order chi connectivity index (χ1) is 9.22. The Morgan fingerprint density at radius 1 is 1.21 bits per heavy atom. The topological polar surface area (TPSA) is 12.9 Å². The maximum absolute atomic E-state index is 4.58. The van der Waals surface area contributed by atoms with Crippen LogP contribution in [0.4, 0.5) is 0 Å². The van der Waals surface area contributed by atoms with E-state index in [-0.39, 0.29) is 0 Å². The van der Waals surface area contributed by atoms with Gasteiger partial charge in [-0.25, -0.2) is 0 Å². The quantitative estimate of drug-likeness (QED) is 0.692. The van der Waals surface area contributed by atoms with Gasteiger partial charge in [-0.1, -0.05) is 46.0 Å². The minimum atomic E-state index is 0.945. The number of nitrogens with zero attached hydrogens (tertiary/aromatic N) is 1. The Hall–Kier alpha value is -0.850. The van der Waals surface area contributed by atoms with Crippen LogP contribution >= 0.6 is 0 Å². The predicted octanol–water partition coefficient (Wildman–Crippen LogP) is 5.10. The van der Waals surface area contributed by atoms with Gasteiger partial charge in [0.1, 0.15) is 0 Å². The molecule has 1 aliphatic rings. The number of hydrogen-bond acceptors (Lipinski definition) is 1. The molecule has 1 heteroatoms. The van der Waals surface area contributed by atoms with Crippen LogP contribution < -0.4 is 0 Å². The van der Waals surface area contributed by atoms with Gasteiger partial charge in [-0.2, -0.15) is 0 Å². The van der Waals surface area contributed by atoms with E-state index < -0.39 is 0 Å². The molecule has 0 radical (unpaired) electrons. The highest BCUT2D eigenvalue weighted by Gasteiger charge is 2.23. The highest BCUT2D eigenvalue weighted by Crippen LogP contribution is 2.35. The van der Waals surface area contributed by atoms with Gasteiger partial charge in [-0.05, 0) is 55.7 Å². The standard InChI is InChI=1S/C18H29N/c1-4-16(17-8-6-7-9-17)11-10-15-12-14(3)19-18(5-2)13-15/h12-13,16-17H,4-11H2,1-3H3. The van der Waals surface area contributed by atoms with Crippen molar-refractivity contribution in [2.75, 3.05) is 0 Å². The average Bonchev–Trinajstić information content (AvgIpc) is 2.93. The van der Waals surface area contributed by atoms with Gasteiger partial charge in [0.25, 0.3) is 0 Å². The summed E-state index contributed by atoms with van der Waals surface area (Å²) in [6, 6.07) is 4.59. The number of rotatable bonds is 6. The Morgan fingerprint density at radius 3 is 2.58 bits per heavy atom. The van der Waals surface area contributed by atoms with Crippen molar-refractivity contribution >= 4 is 0 Å². The van der Waals surface area contributed by atoms with Crippen LogP contribution in [-0.2, 0) is 12.8 Å². The molecule has 1 saturated carbocycles. The number of hydrogen-bond donors (Lipinski definition) is 0. The zero-order chi connectivity index (χ0) is 13.7. The molecule has 0 saturated heterocycles. The summed E-state index contributed by atoms with van der Waals surface area (Å²) in [5.41, 5.74) is 3.94. The van der Waals surface area contributed by atoms with Gasteiger partial charge in [0.15, 0.2) is 0 Å². The van der Waals surface area contributed by atoms with E-state index in [9.17, 15) is 0 Å². The van der Waals surface area contributed by atoms with Crippen LogP contribution in [0.25, 0.3) is 0 Å². The summed E-state index contributed by atoms with van der Waals surface area (Å²) in [5, 5.41) is 0. The molecule has 1 fully saturated rings. The van der Waals surface area contributed by atoms with E-state index >= 15 is 0 Å². The monoisotopic (exact) mass is 259 g/mol. The Kier molecular flexibility index (Phi) is 5.42. The maximum atomic E-state index is 4.58. The molecule has 0 amide bonds. The second-order valence-electron chi connectivity index (χ2n) is 6.21. The molecule has 1 unspecified atom stereocenters. The molecule has 1 heterocycles. The fourth-order valence-corrected chi connectivity index (χ4v) is 3.69. The van der Waals surface area contributed by atoms with Crippen molar-refractivity contribution in [3.63, 3.8) is 0 Å². The van der Waals surface area contributed by atoms with Crippen molar-refractivity contribution in [3.05, 3.63) is 29.1 Å². The van der Waals surface area contributed by atoms with E-state index in [1.807, 2.05) is 0 Å². The van der Waals surface area contributed by atoms with Gasteiger partial charge in [-0.15, -0.1) is 0 Å². The molecule has 106 valence electrons. The second kappa shape index (κ2) is 7.07. The Morgan fingerprint density at radius 2 is 1.95 bits per heavy atom. The van der Waals surface area contributed by atoms with Crippen LogP contribution in [-0.4, -0.2) is 4.98 Å². The number of pyridine rings is 1.